The van der Waals surface area contributed by atoms with E-state index in [4.69, 9.17) is 4.98 Å². The van der Waals surface area contributed by atoms with Gasteiger partial charge in [0, 0.05) is 0 Å². The molecule has 8 heteroatoms. The van der Waals surface area contributed by atoms with Gasteiger partial charge in [-0.1, -0.05) is 0 Å². The molecule has 130 valence electrons. The molecule has 0 bridgehead atoms. The number of hydrogen-bond donors (Lipinski definition) is 0. The second kappa shape index (κ2) is 6.43. The van der Waals surface area contributed by atoms with Crippen molar-refractivity contribution >= 4 is 42.4 Å². The Balaban J connectivity index is 2.16. The van der Waals surface area contributed by atoms with Crippen LogP contribution in [-0.4, -0.2) is 56.4 Å². The molecule has 2 aromatic heterocycles. The zero-order chi connectivity index (χ0) is 17.6. The van der Waals surface area contributed by atoms with Gasteiger partial charge in [0.15, 0.2) is 0 Å². The van der Waals surface area contributed by atoms with Crippen LogP contribution in [0.15, 0.2) is 0 Å². The van der Waals surface area contributed by atoms with E-state index < -0.39 is 10.0 Å². The maximum atomic E-state index is 12.2. The number of hydrogen-bond acceptors (Lipinski definition) is 4. The molecule has 0 aliphatic carbocycles. The van der Waals surface area contributed by atoms with Gasteiger partial charge in [0.25, 0.3) is 0 Å². The Bertz CT molecular complexity index is 889. The number of rotatable bonds is 4. The summed E-state index contributed by atoms with van der Waals surface area (Å²) in [4.78, 5) is 9.33. The minimum absolute atomic E-state index is 0.243. The van der Waals surface area contributed by atoms with Gasteiger partial charge in [-0.15, -0.1) is 0 Å². The second-order valence-corrected chi connectivity index (χ2v) is 9.86. The monoisotopic (exact) mass is 410 g/mol. The number of pyridine rings is 1. The van der Waals surface area contributed by atoms with Crippen LogP contribution < -0.4 is 4.48 Å². The molecule has 6 nitrogen and oxygen atoms in total. The number of aromatic nitrogens is 3. The molecule has 0 saturated carbocycles. The third-order valence-electron chi connectivity index (χ3n) is 4.50. The van der Waals surface area contributed by atoms with Crippen LogP contribution in [-0.2, 0) is 23.1 Å². The minimum atomic E-state index is -3.14. The summed E-state index contributed by atoms with van der Waals surface area (Å²) in [5.74, 6) is 1.50. The van der Waals surface area contributed by atoms with Crippen LogP contribution in [0.2, 0.25) is 0 Å². The van der Waals surface area contributed by atoms with Crippen molar-refractivity contribution in [3.63, 3.8) is 0 Å². The molecular formula is C16H23AsN4O2S. The molecule has 1 aliphatic rings. The first-order valence-corrected chi connectivity index (χ1v) is 10.8. The zero-order valence-electron chi connectivity index (χ0n) is 14.6. The molecule has 0 atom stereocenters. The first kappa shape index (κ1) is 17.9. The number of imidazole rings is 1. The van der Waals surface area contributed by atoms with E-state index in [1.165, 1.54) is 0 Å². The van der Waals surface area contributed by atoms with Gasteiger partial charge >= 0.3 is 152 Å². The number of aryl methyl sites for hydroxylation is 2. The normalized spacial score (nSPS) is 18.1. The molecule has 1 fully saturated rings. The van der Waals surface area contributed by atoms with Crippen LogP contribution >= 0.6 is 0 Å². The fourth-order valence-electron chi connectivity index (χ4n) is 3.21. The van der Waals surface area contributed by atoms with Gasteiger partial charge in [-0.25, -0.2) is 0 Å². The van der Waals surface area contributed by atoms with Crippen molar-refractivity contribution in [2.24, 2.45) is 5.92 Å². The van der Waals surface area contributed by atoms with E-state index in [1.54, 1.807) is 4.31 Å². The van der Waals surface area contributed by atoms with Crippen molar-refractivity contribution in [2.75, 3.05) is 12.3 Å². The fourth-order valence-corrected chi connectivity index (χ4v) is 5.32. The summed E-state index contributed by atoms with van der Waals surface area (Å²) in [6.07, 6.45) is 0.697. The molecular weight excluding hydrogens is 387 g/mol. The second-order valence-electron chi connectivity index (χ2n) is 6.88. The molecule has 0 amide bonds. The third kappa shape index (κ3) is 3.14. The summed E-state index contributed by atoms with van der Waals surface area (Å²) in [5.41, 5.74) is 4.05. The van der Waals surface area contributed by atoms with Crippen molar-refractivity contribution in [2.45, 2.75) is 47.2 Å². The molecule has 3 heterocycles. The van der Waals surface area contributed by atoms with Crippen molar-refractivity contribution in [3.05, 3.63) is 17.1 Å². The van der Waals surface area contributed by atoms with Crippen molar-refractivity contribution < 1.29 is 8.42 Å². The maximum absolute atomic E-state index is 12.2. The molecule has 24 heavy (non-hydrogen) atoms. The molecule has 0 unspecified atom stereocenters. The third-order valence-corrected chi connectivity index (χ3v) is 7.06. The summed E-state index contributed by atoms with van der Waals surface area (Å²) in [7, 11) is -3.14. The summed E-state index contributed by atoms with van der Waals surface area (Å²) in [5, 5.41) is 0. The van der Waals surface area contributed by atoms with E-state index in [2.05, 4.69) is 47.2 Å². The van der Waals surface area contributed by atoms with E-state index in [0.717, 1.165) is 39.1 Å². The van der Waals surface area contributed by atoms with Gasteiger partial charge in [0.2, 0.25) is 0 Å². The molecule has 0 N–H and O–H groups in total. The molecule has 0 aromatic carbocycles. The Hall–Kier alpha value is -0.912. The van der Waals surface area contributed by atoms with Crippen LogP contribution in [0, 0.1) is 19.8 Å². The molecule has 0 spiro atoms. The van der Waals surface area contributed by atoms with Gasteiger partial charge in [-0.05, 0) is 0 Å². The molecule has 1 saturated heterocycles. The summed E-state index contributed by atoms with van der Waals surface area (Å²) < 4.78 is 28.9. The van der Waals surface area contributed by atoms with Crippen LogP contribution in [0.5, 0.6) is 0 Å². The van der Waals surface area contributed by atoms with Crippen molar-refractivity contribution in [1.29, 1.82) is 0 Å². The standard InChI is InChI=1S/C16H23AsN4O2S/c1-10(2)8-21-13(9-20-6-5-7-24(20,22)23)19-14-15(21)11(3)12(4)18-16(14)17/h10H,5-9H2,1-4H3. The molecule has 3 rings (SSSR count). The van der Waals surface area contributed by atoms with Crippen molar-refractivity contribution in [1.82, 2.24) is 18.8 Å². The van der Waals surface area contributed by atoms with E-state index in [-0.39, 0.29) is 5.75 Å². The van der Waals surface area contributed by atoms with Gasteiger partial charge < -0.3 is 0 Å². The first-order valence-electron chi connectivity index (χ1n) is 8.24. The first-order chi connectivity index (χ1) is 11.2. The zero-order valence-corrected chi connectivity index (χ0v) is 17.3. The van der Waals surface area contributed by atoms with Crippen LogP contribution in [0.25, 0.3) is 11.0 Å². The average Bonchev–Trinajstić information content (AvgIpc) is 2.98. The van der Waals surface area contributed by atoms with Crippen LogP contribution in [0.1, 0.15) is 37.4 Å². The number of fused-ring (bicyclic) bond motifs is 1. The Morgan fingerprint density at radius 1 is 1.25 bits per heavy atom. The van der Waals surface area contributed by atoms with E-state index in [0.29, 0.717) is 25.4 Å². The average molecular weight is 410 g/mol. The van der Waals surface area contributed by atoms with Gasteiger partial charge in [-0.2, -0.15) is 0 Å². The molecule has 2 radical (unpaired) electrons. The van der Waals surface area contributed by atoms with E-state index >= 15 is 0 Å². The topological polar surface area (TPSA) is 68.1 Å². The Kier molecular flexibility index (Phi) is 4.79. The van der Waals surface area contributed by atoms with Crippen molar-refractivity contribution in [3.8, 4) is 0 Å². The van der Waals surface area contributed by atoms with Crippen LogP contribution in [0.4, 0.5) is 0 Å². The van der Waals surface area contributed by atoms with Gasteiger partial charge in [0.1, 0.15) is 0 Å². The Morgan fingerprint density at radius 3 is 2.54 bits per heavy atom. The fraction of sp³-hybridized carbons (Fsp3) is 0.625. The Labute approximate surface area is 152 Å². The summed E-state index contributed by atoms with van der Waals surface area (Å²) >= 11 is 2.48. The molecule has 1 aliphatic heterocycles. The Morgan fingerprint density at radius 2 is 1.96 bits per heavy atom. The predicted molar refractivity (Wildman–Crippen MR) is 96.0 cm³/mol. The quantitative estimate of drug-likeness (QED) is 0.707. The van der Waals surface area contributed by atoms with Gasteiger partial charge in [-0.3, -0.25) is 0 Å². The predicted octanol–water partition coefficient (Wildman–Crippen LogP) is 1.03. The van der Waals surface area contributed by atoms with Crippen LogP contribution in [0.3, 0.4) is 0 Å². The summed E-state index contributed by atoms with van der Waals surface area (Å²) in [6.45, 7) is 10.1. The summed E-state index contributed by atoms with van der Waals surface area (Å²) in [6, 6.07) is 0. The van der Waals surface area contributed by atoms with E-state index in [1.807, 2.05) is 6.92 Å². The molecule has 2 aromatic rings. The van der Waals surface area contributed by atoms with Gasteiger partial charge in [0.05, 0.1) is 0 Å². The number of sulfonamides is 1. The SMILES string of the molecule is Cc1nc([As])c2nc(CN3CCCS3(=O)=O)n(CC(C)C)c2c1C. The van der Waals surface area contributed by atoms with E-state index in [9.17, 15) is 8.42 Å². The number of nitrogens with zero attached hydrogens (tertiary/aromatic N) is 4.